The number of hydrogen-bond acceptors (Lipinski definition) is 7. The van der Waals surface area contributed by atoms with Crippen molar-refractivity contribution in [2.45, 2.75) is 32.9 Å². The Morgan fingerprint density at radius 3 is 2.00 bits per heavy atom. The van der Waals surface area contributed by atoms with Crippen LogP contribution in [0.5, 0.6) is 0 Å². The van der Waals surface area contributed by atoms with E-state index in [2.05, 4.69) is 5.32 Å². The first-order valence-electron chi connectivity index (χ1n) is 10.3. The predicted molar refractivity (Wildman–Crippen MR) is 116 cm³/mol. The van der Waals surface area contributed by atoms with Crippen LogP contribution in [0.15, 0.2) is 60.7 Å². The fourth-order valence-corrected chi connectivity index (χ4v) is 3.04. The van der Waals surface area contributed by atoms with E-state index in [-0.39, 0.29) is 25.4 Å². The Bertz CT molecular complexity index is 899. The summed E-state index contributed by atoms with van der Waals surface area (Å²) < 4.78 is 15.3. The minimum Gasteiger partial charge on any atom is -0.466 e. The summed E-state index contributed by atoms with van der Waals surface area (Å²) in [4.78, 5) is 50.5. The smallest absolute Gasteiger partial charge is 0.407 e. The highest BCUT2D eigenvalue weighted by atomic mass is 16.6. The van der Waals surface area contributed by atoms with Gasteiger partial charge in [-0.2, -0.15) is 0 Å². The van der Waals surface area contributed by atoms with E-state index in [0.29, 0.717) is 0 Å². The largest absolute Gasteiger partial charge is 0.466 e. The molecule has 2 aromatic rings. The molecule has 8 nitrogen and oxygen atoms in total. The van der Waals surface area contributed by atoms with Gasteiger partial charge in [0.15, 0.2) is 5.78 Å². The highest BCUT2D eigenvalue weighted by Gasteiger charge is 2.39. The Labute approximate surface area is 186 Å². The molecule has 2 aromatic carbocycles. The van der Waals surface area contributed by atoms with Crippen molar-refractivity contribution in [1.29, 1.82) is 0 Å². The zero-order chi connectivity index (χ0) is 23.3. The molecular weight excluding hydrogens is 414 g/mol. The SMILES string of the molecule is CCOC(=O)CC(NC(=O)OCc1ccccc1)C(C(=O)OCC)C(=O)c1ccccc1. The second-order valence-corrected chi connectivity index (χ2v) is 6.78. The maximum Gasteiger partial charge on any atom is 0.407 e. The van der Waals surface area contributed by atoms with E-state index in [1.807, 2.05) is 6.07 Å². The van der Waals surface area contributed by atoms with Crippen LogP contribution >= 0.6 is 0 Å². The van der Waals surface area contributed by atoms with Gasteiger partial charge in [-0.15, -0.1) is 0 Å². The lowest BCUT2D eigenvalue weighted by molar-refractivity contribution is -0.148. The van der Waals surface area contributed by atoms with Crippen molar-refractivity contribution in [2.75, 3.05) is 13.2 Å². The van der Waals surface area contributed by atoms with Gasteiger partial charge in [0.2, 0.25) is 0 Å². The third-order valence-corrected chi connectivity index (χ3v) is 4.49. The van der Waals surface area contributed by atoms with Crippen molar-refractivity contribution in [3.8, 4) is 0 Å². The van der Waals surface area contributed by atoms with Crippen LogP contribution in [0.2, 0.25) is 0 Å². The molecule has 0 saturated carbocycles. The highest BCUT2D eigenvalue weighted by Crippen LogP contribution is 2.19. The first-order chi connectivity index (χ1) is 15.5. The highest BCUT2D eigenvalue weighted by molar-refractivity contribution is 6.09. The molecule has 0 heterocycles. The number of Topliss-reactive ketones (excluding diaryl/α,β-unsaturated/α-hetero) is 1. The molecule has 1 N–H and O–H groups in total. The van der Waals surface area contributed by atoms with Crippen LogP contribution in [0.4, 0.5) is 4.79 Å². The standard InChI is InChI=1S/C24H27NO7/c1-3-30-20(26)15-19(25-24(29)32-16-17-11-7-5-8-12-17)21(23(28)31-4-2)22(27)18-13-9-6-10-14-18/h5-14,19,21H,3-4,15-16H2,1-2H3,(H,25,29). The van der Waals surface area contributed by atoms with Crippen LogP contribution < -0.4 is 5.32 Å². The number of ether oxygens (including phenoxy) is 3. The molecule has 2 rings (SSSR count). The maximum atomic E-state index is 13.2. The molecule has 0 aliphatic rings. The summed E-state index contributed by atoms with van der Waals surface area (Å²) in [6.45, 7) is 3.36. The Hall–Kier alpha value is -3.68. The average molecular weight is 441 g/mol. The average Bonchev–Trinajstić information content (AvgIpc) is 2.79. The molecule has 0 spiro atoms. The Morgan fingerprint density at radius 2 is 1.41 bits per heavy atom. The van der Waals surface area contributed by atoms with Gasteiger partial charge < -0.3 is 19.5 Å². The lowest BCUT2D eigenvalue weighted by Gasteiger charge is -2.25. The molecule has 1 amide bonds. The minimum atomic E-state index is -1.45. The topological polar surface area (TPSA) is 108 Å². The number of ketones is 1. The van der Waals surface area contributed by atoms with E-state index in [1.165, 1.54) is 0 Å². The number of carbonyl (C=O) groups is 4. The van der Waals surface area contributed by atoms with E-state index in [4.69, 9.17) is 14.2 Å². The molecule has 0 aliphatic heterocycles. The number of hydrogen-bond donors (Lipinski definition) is 1. The summed E-state index contributed by atoms with van der Waals surface area (Å²) in [5, 5.41) is 2.48. The fourth-order valence-electron chi connectivity index (χ4n) is 3.04. The molecule has 0 aliphatic carbocycles. The van der Waals surface area contributed by atoms with Crippen LogP contribution in [0.25, 0.3) is 0 Å². The van der Waals surface area contributed by atoms with Gasteiger partial charge in [0.05, 0.1) is 25.7 Å². The zero-order valence-electron chi connectivity index (χ0n) is 18.1. The maximum absolute atomic E-state index is 13.2. The zero-order valence-corrected chi connectivity index (χ0v) is 18.1. The van der Waals surface area contributed by atoms with Gasteiger partial charge in [0.25, 0.3) is 0 Å². The van der Waals surface area contributed by atoms with Gasteiger partial charge in [-0.25, -0.2) is 4.79 Å². The normalized spacial score (nSPS) is 12.2. The summed E-state index contributed by atoms with van der Waals surface area (Å²) in [6, 6.07) is 15.9. The van der Waals surface area contributed by atoms with E-state index in [9.17, 15) is 19.2 Å². The number of carbonyl (C=O) groups excluding carboxylic acids is 4. The molecule has 0 fully saturated rings. The number of alkyl carbamates (subject to hydrolysis) is 1. The van der Waals surface area contributed by atoms with Crippen molar-refractivity contribution >= 4 is 23.8 Å². The Morgan fingerprint density at radius 1 is 0.812 bits per heavy atom. The number of nitrogens with one attached hydrogen (secondary N) is 1. The molecule has 2 unspecified atom stereocenters. The molecule has 2 atom stereocenters. The van der Waals surface area contributed by atoms with Gasteiger partial charge in [-0.05, 0) is 19.4 Å². The van der Waals surface area contributed by atoms with Crippen LogP contribution in [0.3, 0.4) is 0 Å². The third kappa shape index (κ3) is 7.54. The van der Waals surface area contributed by atoms with Crippen LogP contribution in [-0.2, 0) is 30.4 Å². The van der Waals surface area contributed by atoms with Gasteiger partial charge in [-0.3, -0.25) is 14.4 Å². The van der Waals surface area contributed by atoms with Crippen molar-refractivity contribution < 1.29 is 33.4 Å². The Kier molecular flexibility index (Phi) is 9.90. The molecule has 170 valence electrons. The van der Waals surface area contributed by atoms with E-state index < -0.39 is 42.2 Å². The summed E-state index contributed by atoms with van der Waals surface area (Å²) in [6.07, 6.45) is -1.28. The van der Waals surface area contributed by atoms with Crippen molar-refractivity contribution in [1.82, 2.24) is 5.32 Å². The number of rotatable bonds is 11. The monoisotopic (exact) mass is 441 g/mol. The number of amides is 1. The van der Waals surface area contributed by atoms with Gasteiger partial charge in [-0.1, -0.05) is 60.7 Å². The fraction of sp³-hybridized carbons (Fsp3) is 0.333. The number of esters is 2. The lowest BCUT2D eigenvalue weighted by Crippen LogP contribution is -2.48. The predicted octanol–water partition coefficient (Wildman–Crippen LogP) is 3.30. The summed E-state index contributed by atoms with van der Waals surface area (Å²) in [5.74, 6) is -3.55. The molecular formula is C24H27NO7. The lowest BCUT2D eigenvalue weighted by atomic mass is 9.88. The van der Waals surface area contributed by atoms with Crippen LogP contribution in [0.1, 0.15) is 36.2 Å². The second kappa shape index (κ2) is 12.9. The Balaban J connectivity index is 2.25. The molecule has 0 aromatic heterocycles. The molecule has 0 radical (unpaired) electrons. The molecule has 0 saturated heterocycles. The van der Waals surface area contributed by atoms with Crippen LogP contribution in [-0.4, -0.2) is 43.1 Å². The van der Waals surface area contributed by atoms with E-state index >= 15 is 0 Å². The molecule has 32 heavy (non-hydrogen) atoms. The van der Waals surface area contributed by atoms with E-state index in [1.54, 1.807) is 68.4 Å². The second-order valence-electron chi connectivity index (χ2n) is 6.78. The van der Waals surface area contributed by atoms with E-state index in [0.717, 1.165) is 5.56 Å². The van der Waals surface area contributed by atoms with Crippen molar-refractivity contribution in [2.24, 2.45) is 5.92 Å². The van der Waals surface area contributed by atoms with Gasteiger partial charge in [0, 0.05) is 5.56 Å². The first-order valence-corrected chi connectivity index (χ1v) is 10.3. The quantitative estimate of drug-likeness (QED) is 0.247. The number of benzene rings is 2. The van der Waals surface area contributed by atoms with Crippen molar-refractivity contribution in [3.63, 3.8) is 0 Å². The van der Waals surface area contributed by atoms with Crippen molar-refractivity contribution in [3.05, 3.63) is 71.8 Å². The third-order valence-electron chi connectivity index (χ3n) is 4.49. The van der Waals surface area contributed by atoms with Crippen LogP contribution in [0, 0.1) is 5.92 Å². The molecule has 8 heteroatoms. The molecule has 0 bridgehead atoms. The summed E-state index contributed by atoms with van der Waals surface area (Å²) in [5.41, 5.74) is 1.01. The summed E-state index contributed by atoms with van der Waals surface area (Å²) in [7, 11) is 0. The van der Waals surface area contributed by atoms with Gasteiger partial charge >= 0.3 is 18.0 Å². The minimum absolute atomic E-state index is 0.0183. The van der Waals surface area contributed by atoms with Gasteiger partial charge in [0.1, 0.15) is 12.5 Å². The summed E-state index contributed by atoms with van der Waals surface area (Å²) >= 11 is 0. The first kappa shape index (κ1) is 24.6.